The number of nitriles is 1. The van der Waals surface area contributed by atoms with E-state index in [1.165, 1.54) is 6.08 Å². The highest BCUT2D eigenvalue weighted by atomic mass is 79.9. The van der Waals surface area contributed by atoms with Crippen molar-refractivity contribution in [1.29, 1.82) is 5.26 Å². The number of carbonyl (C=O) groups excluding carboxylic acids is 1. The molecule has 0 saturated carbocycles. The summed E-state index contributed by atoms with van der Waals surface area (Å²) in [5.74, 6) is -0.559. The monoisotopic (exact) mass is 448 g/mol. The lowest BCUT2D eigenvalue weighted by Gasteiger charge is -2.11. The molecule has 2 aromatic rings. The van der Waals surface area contributed by atoms with E-state index in [9.17, 15) is 15.2 Å². The van der Waals surface area contributed by atoms with Crippen molar-refractivity contribution < 1.29 is 9.90 Å². The van der Waals surface area contributed by atoms with Crippen LogP contribution in [0.5, 0.6) is 5.75 Å². The number of amides is 1. The number of phenolic OH excluding ortho intramolecular Hbond substituents is 1. The molecule has 0 fully saturated rings. The lowest BCUT2D eigenvalue weighted by molar-refractivity contribution is -0.112. The molecule has 6 heteroatoms. The second-order valence-electron chi connectivity index (χ2n) is 5.22. The summed E-state index contributed by atoms with van der Waals surface area (Å²) < 4.78 is 1.18. The molecule has 0 aliphatic rings. The quantitative estimate of drug-likeness (QED) is 0.506. The average Bonchev–Trinajstić information content (AvgIpc) is 2.52. The van der Waals surface area contributed by atoms with Gasteiger partial charge in [-0.3, -0.25) is 4.79 Å². The third-order valence-electron chi connectivity index (χ3n) is 3.44. The molecule has 0 spiro atoms. The number of nitrogens with one attached hydrogen (secondary N) is 1. The van der Waals surface area contributed by atoms with Crippen LogP contribution in [0.2, 0.25) is 0 Å². The van der Waals surface area contributed by atoms with Crippen LogP contribution >= 0.6 is 31.9 Å². The third-order valence-corrected chi connectivity index (χ3v) is 4.50. The normalized spacial score (nSPS) is 11.0. The molecule has 0 radical (unpaired) electrons. The van der Waals surface area contributed by atoms with Crippen molar-refractivity contribution in [2.45, 2.75) is 13.8 Å². The number of aromatic hydroxyl groups is 1. The zero-order valence-corrected chi connectivity index (χ0v) is 16.2. The van der Waals surface area contributed by atoms with Gasteiger partial charge in [0.15, 0.2) is 0 Å². The van der Waals surface area contributed by atoms with Crippen LogP contribution in [0.3, 0.4) is 0 Å². The van der Waals surface area contributed by atoms with Crippen molar-refractivity contribution in [1.82, 2.24) is 0 Å². The summed E-state index contributed by atoms with van der Waals surface area (Å²) >= 11 is 6.54. The summed E-state index contributed by atoms with van der Waals surface area (Å²) in [6.45, 7) is 3.77. The minimum atomic E-state index is -0.523. The van der Waals surface area contributed by atoms with Crippen LogP contribution < -0.4 is 5.32 Å². The van der Waals surface area contributed by atoms with E-state index in [4.69, 9.17) is 0 Å². The standard InChI is InChI=1S/C18H14Br2N2O2/c1-10-4-3-5-11(2)16(10)22-18(24)13(9-21)6-12-7-14(19)8-15(20)17(12)23/h3-8,23H,1-2H3,(H,22,24)/b13-6-. The topological polar surface area (TPSA) is 73.1 Å². The number of halogens is 2. The van der Waals surface area contributed by atoms with Gasteiger partial charge in [-0.25, -0.2) is 0 Å². The number of rotatable bonds is 3. The van der Waals surface area contributed by atoms with E-state index in [0.717, 1.165) is 11.1 Å². The van der Waals surface area contributed by atoms with Gasteiger partial charge in [-0.2, -0.15) is 5.26 Å². The minimum absolute atomic E-state index is 0.0363. The summed E-state index contributed by atoms with van der Waals surface area (Å²) in [6, 6.07) is 10.9. The van der Waals surface area contributed by atoms with Crippen molar-refractivity contribution in [2.75, 3.05) is 5.32 Å². The zero-order chi connectivity index (χ0) is 17.9. The number of nitrogens with zero attached hydrogens (tertiary/aromatic N) is 1. The molecule has 2 N–H and O–H groups in total. The van der Waals surface area contributed by atoms with Crippen LogP contribution in [-0.4, -0.2) is 11.0 Å². The predicted octanol–water partition coefficient (Wildman–Crippen LogP) is 5.08. The number of carbonyl (C=O) groups is 1. The fourth-order valence-electron chi connectivity index (χ4n) is 2.19. The fraction of sp³-hybridized carbons (Fsp3) is 0.111. The van der Waals surface area contributed by atoms with Crippen molar-refractivity contribution in [3.63, 3.8) is 0 Å². The van der Waals surface area contributed by atoms with Crippen LogP contribution in [0.4, 0.5) is 5.69 Å². The molecule has 0 bridgehead atoms. The van der Waals surface area contributed by atoms with E-state index >= 15 is 0 Å². The first-order valence-corrected chi connectivity index (χ1v) is 8.59. The Labute approximate surface area is 157 Å². The molecule has 2 aromatic carbocycles. The third kappa shape index (κ3) is 4.05. The van der Waals surface area contributed by atoms with Crippen molar-refractivity contribution in [2.24, 2.45) is 0 Å². The molecule has 122 valence electrons. The molecular formula is C18H14Br2N2O2. The smallest absolute Gasteiger partial charge is 0.266 e. The van der Waals surface area contributed by atoms with Gasteiger partial charge in [-0.1, -0.05) is 34.1 Å². The Hall–Kier alpha value is -2.10. The molecule has 24 heavy (non-hydrogen) atoms. The average molecular weight is 450 g/mol. The van der Waals surface area contributed by atoms with E-state index in [2.05, 4.69) is 37.2 Å². The second-order valence-corrected chi connectivity index (χ2v) is 6.99. The molecule has 4 nitrogen and oxygen atoms in total. The lowest BCUT2D eigenvalue weighted by atomic mass is 10.1. The summed E-state index contributed by atoms with van der Waals surface area (Å²) in [4.78, 5) is 12.4. The van der Waals surface area contributed by atoms with Gasteiger partial charge < -0.3 is 10.4 Å². The largest absolute Gasteiger partial charge is 0.506 e. The van der Waals surface area contributed by atoms with Crippen molar-refractivity contribution in [3.8, 4) is 11.8 Å². The van der Waals surface area contributed by atoms with Gasteiger partial charge in [0.1, 0.15) is 17.4 Å². The number of phenols is 1. The molecule has 0 aromatic heterocycles. The number of hydrogen-bond acceptors (Lipinski definition) is 3. The maximum Gasteiger partial charge on any atom is 0.266 e. The van der Waals surface area contributed by atoms with Gasteiger partial charge in [0.25, 0.3) is 5.91 Å². The summed E-state index contributed by atoms with van der Waals surface area (Å²) in [5.41, 5.74) is 2.77. The number of anilines is 1. The Balaban J connectivity index is 2.39. The van der Waals surface area contributed by atoms with Crippen LogP contribution in [0.15, 0.2) is 44.9 Å². The van der Waals surface area contributed by atoms with Crippen LogP contribution in [0, 0.1) is 25.2 Å². The molecule has 0 heterocycles. The first-order chi connectivity index (χ1) is 11.3. The van der Waals surface area contributed by atoms with Crippen molar-refractivity contribution in [3.05, 3.63) is 61.5 Å². The van der Waals surface area contributed by atoms with Gasteiger partial charge >= 0.3 is 0 Å². The predicted molar refractivity (Wildman–Crippen MR) is 102 cm³/mol. The molecule has 0 aliphatic heterocycles. The van der Waals surface area contributed by atoms with E-state index in [1.54, 1.807) is 12.1 Å². The maximum atomic E-state index is 12.4. The summed E-state index contributed by atoms with van der Waals surface area (Å²) in [6.07, 6.45) is 1.35. The van der Waals surface area contributed by atoms with E-state index < -0.39 is 5.91 Å². The lowest BCUT2D eigenvalue weighted by Crippen LogP contribution is -2.15. The molecule has 1 amide bonds. The Morgan fingerprint density at radius 1 is 1.25 bits per heavy atom. The highest BCUT2D eigenvalue weighted by molar-refractivity contribution is 9.11. The SMILES string of the molecule is Cc1cccc(C)c1NC(=O)/C(C#N)=C\c1cc(Br)cc(Br)c1O. The first-order valence-electron chi connectivity index (χ1n) is 7.01. The molecule has 0 saturated heterocycles. The van der Waals surface area contributed by atoms with Gasteiger partial charge in [-0.05, 0) is 59.1 Å². The molecule has 0 aliphatic carbocycles. The number of aryl methyl sites for hydroxylation is 2. The molecule has 0 atom stereocenters. The Kier molecular flexibility index (Phi) is 5.81. The van der Waals surface area contributed by atoms with E-state index in [1.807, 2.05) is 38.1 Å². The van der Waals surface area contributed by atoms with Gasteiger partial charge in [0.2, 0.25) is 0 Å². The zero-order valence-electron chi connectivity index (χ0n) is 13.0. The summed E-state index contributed by atoms with van der Waals surface area (Å²) in [5, 5.41) is 22.2. The Bertz CT molecular complexity index is 863. The molecular weight excluding hydrogens is 436 g/mol. The van der Waals surface area contributed by atoms with Gasteiger partial charge in [-0.15, -0.1) is 0 Å². The maximum absolute atomic E-state index is 12.4. The Morgan fingerprint density at radius 2 is 1.88 bits per heavy atom. The number of para-hydroxylation sites is 1. The minimum Gasteiger partial charge on any atom is -0.506 e. The number of benzene rings is 2. The van der Waals surface area contributed by atoms with Crippen LogP contribution in [0.25, 0.3) is 6.08 Å². The van der Waals surface area contributed by atoms with Gasteiger partial charge in [0, 0.05) is 15.7 Å². The first kappa shape index (κ1) is 18.2. The Morgan fingerprint density at radius 3 is 2.46 bits per heavy atom. The number of hydrogen-bond donors (Lipinski definition) is 2. The second kappa shape index (κ2) is 7.65. The van der Waals surface area contributed by atoms with Crippen molar-refractivity contribution >= 4 is 49.5 Å². The fourth-order valence-corrected chi connectivity index (χ4v) is 3.45. The highest BCUT2D eigenvalue weighted by Crippen LogP contribution is 2.33. The van der Waals surface area contributed by atoms with Gasteiger partial charge in [0.05, 0.1) is 4.47 Å². The molecule has 0 unspecified atom stereocenters. The summed E-state index contributed by atoms with van der Waals surface area (Å²) in [7, 11) is 0. The van der Waals surface area contributed by atoms with Crippen LogP contribution in [-0.2, 0) is 4.79 Å². The molecule has 2 rings (SSSR count). The van der Waals surface area contributed by atoms with Crippen LogP contribution in [0.1, 0.15) is 16.7 Å². The highest BCUT2D eigenvalue weighted by Gasteiger charge is 2.14. The van der Waals surface area contributed by atoms with E-state index in [-0.39, 0.29) is 11.3 Å². The van der Waals surface area contributed by atoms with E-state index in [0.29, 0.717) is 20.2 Å².